The lowest BCUT2D eigenvalue weighted by Crippen LogP contribution is -2.19. The van der Waals surface area contributed by atoms with Crippen molar-refractivity contribution in [3.05, 3.63) is 59.7 Å². The van der Waals surface area contributed by atoms with E-state index >= 15 is 0 Å². The Morgan fingerprint density at radius 2 is 1.80 bits per heavy atom. The number of carbonyl (C=O) groups is 1. The molecular weight excluding hydrogens is 335 g/mol. The molecule has 0 fully saturated rings. The van der Waals surface area contributed by atoms with Crippen molar-refractivity contribution in [2.24, 2.45) is 0 Å². The molecule has 134 valence electrons. The van der Waals surface area contributed by atoms with E-state index in [1.807, 2.05) is 24.3 Å². The predicted molar refractivity (Wildman–Crippen MR) is 87.7 cm³/mol. The normalized spacial score (nSPS) is 11.2. The molecule has 2 rings (SSSR count). The predicted octanol–water partition coefficient (Wildman–Crippen LogP) is 4.26. The number of aryl methyl sites for hydroxylation is 1. The van der Waals surface area contributed by atoms with Crippen LogP contribution in [0.5, 0.6) is 5.75 Å². The van der Waals surface area contributed by atoms with Gasteiger partial charge < -0.3 is 15.2 Å². The highest BCUT2D eigenvalue weighted by Crippen LogP contribution is 2.19. The largest absolute Gasteiger partial charge is 0.484 e. The number of rotatable bonds is 8. The SMILES string of the molecule is O=C(O)CCc1cccc(NCc2ccc(OCC(F)(F)F)cc2)c1. The Hall–Kier alpha value is -2.70. The van der Waals surface area contributed by atoms with Gasteiger partial charge >= 0.3 is 12.1 Å². The molecule has 0 aromatic heterocycles. The number of anilines is 1. The van der Waals surface area contributed by atoms with E-state index in [1.54, 1.807) is 12.1 Å². The summed E-state index contributed by atoms with van der Waals surface area (Å²) in [7, 11) is 0. The number of alkyl halides is 3. The van der Waals surface area contributed by atoms with Crippen LogP contribution in [-0.2, 0) is 17.8 Å². The van der Waals surface area contributed by atoms with Crippen molar-refractivity contribution < 1.29 is 27.8 Å². The van der Waals surface area contributed by atoms with Crippen molar-refractivity contribution >= 4 is 11.7 Å². The molecule has 0 saturated carbocycles. The summed E-state index contributed by atoms with van der Waals surface area (Å²) >= 11 is 0. The van der Waals surface area contributed by atoms with E-state index < -0.39 is 18.8 Å². The first-order valence-electron chi connectivity index (χ1n) is 7.65. The van der Waals surface area contributed by atoms with Crippen molar-refractivity contribution in [2.45, 2.75) is 25.6 Å². The Labute approximate surface area is 143 Å². The fraction of sp³-hybridized carbons (Fsp3) is 0.278. The molecule has 4 nitrogen and oxygen atoms in total. The molecule has 0 unspecified atom stereocenters. The fourth-order valence-electron chi connectivity index (χ4n) is 2.16. The maximum atomic E-state index is 12.1. The molecule has 7 heteroatoms. The first-order valence-corrected chi connectivity index (χ1v) is 7.65. The summed E-state index contributed by atoms with van der Waals surface area (Å²) in [4.78, 5) is 10.6. The maximum absolute atomic E-state index is 12.1. The van der Waals surface area contributed by atoms with E-state index in [1.165, 1.54) is 12.1 Å². The minimum absolute atomic E-state index is 0.0723. The summed E-state index contributed by atoms with van der Waals surface area (Å²) in [5.41, 5.74) is 2.65. The van der Waals surface area contributed by atoms with Crippen molar-refractivity contribution in [1.82, 2.24) is 0 Å². The molecule has 0 aliphatic heterocycles. The minimum Gasteiger partial charge on any atom is -0.484 e. The zero-order valence-corrected chi connectivity index (χ0v) is 13.3. The van der Waals surface area contributed by atoms with E-state index in [2.05, 4.69) is 10.1 Å². The Balaban J connectivity index is 1.86. The van der Waals surface area contributed by atoms with Crippen LogP contribution in [0.1, 0.15) is 17.5 Å². The lowest BCUT2D eigenvalue weighted by atomic mass is 10.1. The number of aliphatic carboxylic acids is 1. The molecule has 2 aromatic carbocycles. The number of carboxylic acids is 1. The van der Waals surface area contributed by atoms with E-state index in [9.17, 15) is 18.0 Å². The van der Waals surface area contributed by atoms with Crippen molar-refractivity contribution in [3.63, 3.8) is 0 Å². The Morgan fingerprint density at radius 1 is 1.08 bits per heavy atom. The molecule has 0 bridgehead atoms. The van der Waals surface area contributed by atoms with Gasteiger partial charge in [-0.2, -0.15) is 13.2 Å². The van der Waals surface area contributed by atoms with Gasteiger partial charge in [-0.15, -0.1) is 0 Å². The molecule has 25 heavy (non-hydrogen) atoms. The molecule has 0 saturated heterocycles. The van der Waals surface area contributed by atoms with Gasteiger partial charge in [0.05, 0.1) is 0 Å². The molecule has 0 amide bonds. The van der Waals surface area contributed by atoms with Gasteiger partial charge in [-0.05, 0) is 41.8 Å². The standard InChI is InChI=1S/C18H18F3NO3/c19-18(20,21)12-25-16-7-4-14(5-8-16)11-22-15-3-1-2-13(10-15)6-9-17(23)24/h1-5,7-8,10,22H,6,9,11-12H2,(H,23,24). The van der Waals surface area contributed by atoms with Crippen molar-refractivity contribution in [2.75, 3.05) is 11.9 Å². The summed E-state index contributed by atoms with van der Waals surface area (Å²) < 4.78 is 40.9. The molecule has 0 spiro atoms. The number of halogens is 3. The zero-order chi connectivity index (χ0) is 18.3. The van der Waals surface area contributed by atoms with E-state index in [0.717, 1.165) is 16.8 Å². The third-order valence-electron chi connectivity index (χ3n) is 3.38. The summed E-state index contributed by atoms with van der Waals surface area (Å²) in [6.07, 6.45) is -3.83. The topological polar surface area (TPSA) is 58.6 Å². The van der Waals surface area contributed by atoms with Gasteiger partial charge in [0.15, 0.2) is 6.61 Å². The van der Waals surface area contributed by atoms with E-state index in [-0.39, 0.29) is 12.2 Å². The highest BCUT2D eigenvalue weighted by Gasteiger charge is 2.28. The second kappa shape index (κ2) is 8.41. The first-order chi connectivity index (χ1) is 11.8. The van der Waals surface area contributed by atoms with Crippen LogP contribution < -0.4 is 10.1 Å². The van der Waals surface area contributed by atoms with Crippen LogP contribution in [0.3, 0.4) is 0 Å². The Bertz CT molecular complexity index is 699. The van der Waals surface area contributed by atoms with Crippen LogP contribution in [0.25, 0.3) is 0 Å². The highest BCUT2D eigenvalue weighted by molar-refractivity contribution is 5.67. The summed E-state index contributed by atoms with van der Waals surface area (Å²) in [6.45, 7) is -0.824. The average Bonchev–Trinajstić information content (AvgIpc) is 2.57. The second-order valence-electron chi connectivity index (χ2n) is 5.50. The quantitative estimate of drug-likeness (QED) is 0.745. The third-order valence-corrected chi connectivity index (χ3v) is 3.38. The average molecular weight is 353 g/mol. The molecule has 0 heterocycles. The summed E-state index contributed by atoms with van der Waals surface area (Å²) in [6, 6.07) is 13.8. The number of nitrogens with one attached hydrogen (secondary N) is 1. The van der Waals surface area contributed by atoms with Crippen LogP contribution in [0.4, 0.5) is 18.9 Å². The van der Waals surface area contributed by atoms with Gasteiger partial charge in [0.2, 0.25) is 0 Å². The number of hydrogen-bond donors (Lipinski definition) is 2. The fourth-order valence-corrected chi connectivity index (χ4v) is 2.16. The lowest BCUT2D eigenvalue weighted by Gasteiger charge is -2.11. The molecule has 0 aliphatic carbocycles. The number of hydrogen-bond acceptors (Lipinski definition) is 3. The Kier molecular flexibility index (Phi) is 6.27. The van der Waals surface area contributed by atoms with E-state index in [0.29, 0.717) is 13.0 Å². The van der Waals surface area contributed by atoms with Crippen LogP contribution in [0, 0.1) is 0 Å². The van der Waals surface area contributed by atoms with Crippen LogP contribution in [-0.4, -0.2) is 23.9 Å². The molecule has 2 N–H and O–H groups in total. The monoisotopic (exact) mass is 353 g/mol. The molecule has 0 radical (unpaired) electrons. The van der Waals surface area contributed by atoms with Crippen LogP contribution >= 0.6 is 0 Å². The third kappa shape index (κ3) is 7.15. The van der Waals surface area contributed by atoms with Gasteiger partial charge in [0, 0.05) is 18.7 Å². The minimum atomic E-state index is -4.36. The van der Waals surface area contributed by atoms with Crippen LogP contribution in [0.15, 0.2) is 48.5 Å². The maximum Gasteiger partial charge on any atom is 0.422 e. The first kappa shape index (κ1) is 18.6. The zero-order valence-electron chi connectivity index (χ0n) is 13.3. The molecule has 0 aliphatic rings. The van der Waals surface area contributed by atoms with Crippen LogP contribution in [0.2, 0.25) is 0 Å². The van der Waals surface area contributed by atoms with Crippen molar-refractivity contribution in [3.8, 4) is 5.75 Å². The Morgan fingerprint density at radius 3 is 2.44 bits per heavy atom. The molecular formula is C18H18F3NO3. The van der Waals surface area contributed by atoms with Gasteiger partial charge in [-0.1, -0.05) is 24.3 Å². The van der Waals surface area contributed by atoms with Crippen molar-refractivity contribution in [1.29, 1.82) is 0 Å². The lowest BCUT2D eigenvalue weighted by molar-refractivity contribution is -0.153. The molecule has 0 atom stereocenters. The second-order valence-corrected chi connectivity index (χ2v) is 5.50. The van der Waals surface area contributed by atoms with E-state index in [4.69, 9.17) is 5.11 Å². The molecule has 2 aromatic rings. The summed E-state index contributed by atoms with van der Waals surface area (Å²) in [5, 5.41) is 11.9. The van der Waals surface area contributed by atoms with Gasteiger partial charge in [0.25, 0.3) is 0 Å². The smallest absolute Gasteiger partial charge is 0.422 e. The number of ether oxygens (including phenoxy) is 1. The number of carboxylic acid groups (broad SMARTS) is 1. The summed E-state index contributed by atoms with van der Waals surface area (Å²) in [5.74, 6) is -0.678. The number of benzene rings is 2. The van der Waals surface area contributed by atoms with Gasteiger partial charge in [0.1, 0.15) is 5.75 Å². The van der Waals surface area contributed by atoms with Gasteiger partial charge in [-0.3, -0.25) is 4.79 Å². The van der Waals surface area contributed by atoms with Gasteiger partial charge in [-0.25, -0.2) is 0 Å². The highest BCUT2D eigenvalue weighted by atomic mass is 19.4.